The molecule has 3 rings (SSSR count). The Morgan fingerprint density at radius 3 is 2.58 bits per heavy atom. The number of benzene rings is 1. The van der Waals surface area contributed by atoms with Crippen LogP contribution in [0.1, 0.15) is 20.8 Å². The second-order valence-corrected chi connectivity index (χ2v) is 8.11. The van der Waals surface area contributed by atoms with Gasteiger partial charge in [0, 0.05) is 55.0 Å². The van der Waals surface area contributed by atoms with E-state index in [4.69, 9.17) is 21.1 Å². The van der Waals surface area contributed by atoms with Crippen LogP contribution in [-0.2, 0) is 4.74 Å². The molecule has 0 aliphatic carbocycles. The van der Waals surface area contributed by atoms with E-state index in [0.717, 1.165) is 16.5 Å². The number of piperazine rings is 1. The van der Waals surface area contributed by atoms with Gasteiger partial charge in [-0.25, -0.2) is 4.79 Å². The number of nitrogens with zero attached hydrogens (tertiary/aromatic N) is 5. The van der Waals surface area contributed by atoms with Crippen molar-refractivity contribution in [2.45, 2.75) is 26.4 Å². The first kappa shape index (κ1) is 21.8. The van der Waals surface area contributed by atoms with Gasteiger partial charge >= 0.3 is 6.09 Å². The molecule has 31 heavy (non-hydrogen) atoms. The molecule has 10 heteroatoms. The van der Waals surface area contributed by atoms with Crippen molar-refractivity contribution in [3.8, 4) is 6.07 Å². The predicted octanol–water partition coefficient (Wildman–Crippen LogP) is 2.52. The Morgan fingerprint density at radius 1 is 1.26 bits per heavy atom. The average Bonchev–Trinajstić information content (AvgIpc) is 2.73. The number of nitrogens with two attached hydrogens (primary N) is 1. The van der Waals surface area contributed by atoms with Crippen LogP contribution in [0.5, 0.6) is 0 Å². The monoisotopic (exact) mass is 422 g/mol. The minimum absolute atomic E-state index is 0.195. The number of carbonyl (C=O) groups is 1. The summed E-state index contributed by atoms with van der Waals surface area (Å²) in [6.07, 6.45) is 3.14. The van der Waals surface area contributed by atoms with Gasteiger partial charge in [0.2, 0.25) is 5.71 Å². The number of amides is 1. The lowest BCUT2D eigenvalue weighted by atomic mass is 10.1. The number of nitrogens with one attached hydrogen (secondary N) is 2. The highest BCUT2D eigenvalue weighted by Gasteiger charge is 2.26. The number of hydrazone groups is 1. The summed E-state index contributed by atoms with van der Waals surface area (Å²) in [5.74, 6) is -0.406. The van der Waals surface area contributed by atoms with Crippen molar-refractivity contribution in [3.05, 3.63) is 30.6 Å². The summed E-state index contributed by atoms with van der Waals surface area (Å²) in [6.45, 7) is 8.05. The van der Waals surface area contributed by atoms with E-state index in [0.29, 0.717) is 31.9 Å². The first-order chi connectivity index (χ1) is 14.7. The van der Waals surface area contributed by atoms with Crippen LogP contribution in [-0.4, -0.2) is 59.3 Å². The number of rotatable bonds is 4. The number of aromatic nitrogens is 1. The van der Waals surface area contributed by atoms with Crippen molar-refractivity contribution < 1.29 is 9.53 Å². The summed E-state index contributed by atoms with van der Waals surface area (Å²) in [7, 11) is 0. The molecule has 4 N–H and O–H groups in total. The molecule has 0 radical (unpaired) electrons. The quantitative estimate of drug-likeness (QED) is 0.390. The Morgan fingerprint density at radius 2 is 1.97 bits per heavy atom. The number of ether oxygens (including phenoxy) is 1. The SMILES string of the molecule is CC(C)(C)OC(=O)N1CCN(c2ccc(N/N=C(\C#N)C(=N)N)c3cnccc23)CC1. The maximum Gasteiger partial charge on any atom is 0.410 e. The van der Waals surface area contributed by atoms with E-state index in [1.807, 2.05) is 39.0 Å². The molecule has 162 valence electrons. The van der Waals surface area contributed by atoms with E-state index >= 15 is 0 Å². The fourth-order valence-corrected chi connectivity index (χ4v) is 3.27. The Bertz CT molecular complexity index is 1060. The lowest BCUT2D eigenvalue weighted by Crippen LogP contribution is -2.50. The third-order valence-electron chi connectivity index (χ3n) is 4.72. The van der Waals surface area contributed by atoms with Gasteiger partial charge in [-0.05, 0) is 39.0 Å². The van der Waals surface area contributed by atoms with Gasteiger partial charge in [0.15, 0.2) is 5.84 Å². The Balaban J connectivity index is 1.80. The van der Waals surface area contributed by atoms with Crippen LogP contribution in [0.15, 0.2) is 35.7 Å². The molecule has 1 aliphatic heterocycles. The molecule has 0 atom stereocenters. The number of carbonyl (C=O) groups excluding carboxylic acids is 1. The van der Waals surface area contributed by atoms with Crippen molar-refractivity contribution in [3.63, 3.8) is 0 Å². The Kier molecular flexibility index (Phi) is 6.25. The van der Waals surface area contributed by atoms with Gasteiger partial charge in [-0.3, -0.25) is 15.8 Å². The number of amidine groups is 1. The van der Waals surface area contributed by atoms with Crippen LogP contribution in [0, 0.1) is 16.7 Å². The second kappa shape index (κ2) is 8.87. The largest absolute Gasteiger partial charge is 0.444 e. The van der Waals surface area contributed by atoms with Crippen LogP contribution < -0.4 is 16.1 Å². The maximum atomic E-state index is 12.3. The van der Waals surface area contributed by atoms with Gasteiger partial charge in [0.05, 0.1) is 5.69 Å². The van der Waals surface area contributed by atoms with Gasteiger partial charge in [-0.1, -0.05) is 0 Å². The highest BCUT2D eigenvalue weighted by atomic mass is 16.6. The summed E-state index contributed by atoms with van der Waals surface area (Å²) in [5, 5.41) is 22.1. The van der Waals surface area contributed by atoms with Crippen molar-refractivity contribution in [1.29, 1.82) is 10.7 Å². The molecule has 1 aliphatic rings. The van der Waals surface area contributed by atoms with E-state index in [2.05, 4.69) is 20.4 Å². The van der Waals surface area contributed by atoms with Crippen molar-refractivity contribution >= 4 is 39.8 Å². The number of hydrogen-bond acceptors (Lipinski definition) is 8. The molecule has 10 nitrogen and oxygen atoms in total. The molecule has 1 saturated heterocycles. The summed E-state index contributed by atoms with van der Waals surface area (Å²) < 4.78 is 5.47. The smallest absolute Gasteiger partial charge is 0.410 e. The third-order valence-corrected chi connectivity index (χ3v) is 4.72. The number of anilines is 2. The van der Waals surface area contributed by atoms with Gasteiger partial charge in [-0.2, -0.15) is 10.4 Å². The molecule has 2 aromatic rings. The summed E-state index contributed by atoms with van der Waals surface area (Å²) in [4.78, 5) is 20.5. The van der Waals surface area contributed by atoms with Crippen LogP contribution >= 0.6 is 0 Å². The van der Waals surface area contributed by atoms with Crippen LogP contribution in [0.2, 0.25) is 0 Å². The minimum atomic E-state index is -0.517. The molecule has 0 saturated carbocycles. The van der Waals surface area contributed by atoms with Crippen molar-refractivity contribution in [1.82, 2.24) is 9.88 Å². The second-order valence-electron chi connectivity index (χ2n) is 8.11. The molecule has 0 spiro atoms. The third kappa shape index (κ3) is 5.19. The highest BCUT2D eigenvalue weighted by molar-refractivity contribution is 6.45. The first-order valence-corrected chi connectivity index (χ1v) is 9.87. The van der Waals surface area contributed by atoms with E-state index in [1.165, 1.54) is 0 Å². The summed E-state index contributed by atoms with van der Waals surface area (Å²) >= 11 is 0. The molecule has 1 aromatic heterocycles. The molecule has 0 bridgehead atoms. The zero-order valence-corrected chi connectivity index (χ0v) is 17.8. The fourth-order valence-electron chi connectivity index (χ4n) is 3.27. The number of hydrogen-bond donors (Lipinski definition) is 3. The molecular formula is C21H26N8O2. The standard InChI is InChI=1S/C21H26N8O2/c1-21(2,3)31-20(30)29-10-8-28(9-11-29)18-5-4-16(15-13-25-7-6-14(15)18)26-27-17(12-22)19(23)24/h4-7,13,26H,8-11H2,1-3H3,(H3,23,24)/b27-17+. The maximum absolute atomic E-state index is 12.3. The molecular weight excluding hydrogens is 396 g/mol. The average molecular weight is 422 g/mol. The van der Waals surface area contributed by atoms with Crippen molar-refractivity contribution in [2.75, 3.05) is 36.5 Å². The molecule has 1 aromatic carbocycles. The van der Waals surface area contributed by atoms with Gasteiger partial charge < -0.3 is 20.3 Å². The first-order valence-electron chi connectivity index (χ1n) is 9.87. The lowest BCUT2D eigenvalue weighted by molar-refractivity contribution is 0.0240. The van der Waals surface area contributed by atoms with Gasteiger partial charge in [0.25, 0.3) is 0 Å². The zero-order valence-electron chi connectivity index (χ0n) is 17.8. The topological polar surface area (TPSA) is 144 Å². The van der Waals surface area contributed by atoms with E-state index in [9.17, 15) is 4.79 Å². The molecule has 1 amide bonds. The molecule has 1 fully saturated rings. The van der Waals surface area contributed by atoms with Crippen LogP contribution in [0.25, 0.3) is 10.8 Å². The van der Waals surface area contributed by atoms with Crippen molar-refractivity contribution in [2.24, 2.45) is 10.8 Å². The fraction of sp³-hybridized carbons (Fsp3) is 0.381. The lowest BCUT2D eigenvalue weighted by Gasteiger charge is -2.37. The zero-order chi connectivity index (χ0) is 22.6. The summed E-state index contributed by atoms with van der Waals surface area (Å²) in [6, 6.07) is 7.50. The van der Waals surface area contributed by atoms with Crippen LogP contribution in [0.3, 0.4) is 0 Å². The number of fused-ring (bicyclic) bond motifs is 1. The minimum Gasteiger partial charge on any atom is -0.444 e. The predicted molar refractivity (Wildman–Crippen MR) is 120 cm³/mol. The van der Waals surface area contributed by atoms with Gasteiger partial charge in [0.1, 0.15) is 11.7 Å². The Labute approximate surface area is 180 Å². The molecule has 2 heterocycles. The summed E-state index contributed by atoms with van der Waals surface area (Å²) in [5.41, 5.74) is 9.11. The van der Waals surface area contributed by atoms with E-state index in [-0.39, 0.29) is 11.8 Å². The number of nitriles is 1. The van der Waals surface area contributed by atoms with Crippen LogP contribution in [0.4, 0.5) is 16.2 Å². The van der Waals surface area contributed by atoms with Gasteiger partial charge in [-0.15, -0.1) is 0 Å². The Hall–Kier alpha value is -3.87. The highest BCUT2D eigenvalue weighted by Crippen LogP contribution is 2.32. The normalized spacial score (nSPS) is 14.8. The number of pyridine rings is 1. The van der Waals surface area contributed by atoms with E-state index < -0.39 is 11.4 Å². The molecule has 0 unspecified atom stereocenters. The van der Waals surface area contributed by atoms with E-state index in [1.54, 1.807) is 23.4 Å².